The van der Waals surface area contributed by atoms with Gasteiger partial charge >= 0.3 is 0 Å². The summed E-state index contributed by atoms with van der Waals surface area (Å²) in [4.78, 5) is 25.9. The van der Waals surface area contributed by atoms with Crippen LogP contribution in [0.15, 0.2) is 42.2 Å². The first-order chi connectivity index (χ1) is 13.7. The molecular weight excluding hydrogens is 370 g/mol. The zero-order chi connectivity index (χ0) is 19.1. The van der Waals surface area contributed by atoms with E-state index in [9.17, 15) is 4.79 Å². The summed E-state index contributed by atoms with van der Waals surface area (Å²) in [6.45, 7) is 7.63. The first-order valence-electron chi connectivity index (χ1n) is 9.71. The van der Waals surface area contributed by atoms with Crippen molar-refractivity contribution < 1.29 is 4.79 Å². The molecule has 2 atom stereocenters. The summed E-state index contributed by atoms with van der Waals surface area (Å²) in [6.07, 6.45) is 9.10. The van der Waals surface area contributed by atoms with Crippen molar-refractivity contribution in [1.29, 1.82) is 0 Å². The number of aromatic nitrogens is 2. The van der Waals surface area contributed by atoms with Gasteiger partial charge in [0.2, 0.25) is 5.91 Å². The first kappa shape index (κ1) is 17.4. The van der Waals surface area contributed by atoms with Crippen molar-refractivity contribution in [2.75, 3.05) is 36.4 Å². The number of nitrogens with zero attached hydrogens (tertiary/aromatic N) is 4. The molecule has 5 rings (SSSR count). The van der Waals surface area contributed by atoms with E-state index in [2.05, 4.69) is 32.8 Å². The molecule has 1 amide bonds. The Labute approximate surface area is 168 Å². The van der Waals surface area contributed by atoms with E-state index in [1.54, 1.807) is 23.6 Å². The van der Waals surface area contributed by atoms with Crippen LogP contribution in [0.3, 0.4) is 0 Å². The van der Waals surface area contributed by atoms with Crippen LogP contribution in [0.1, 0.15) is 17.5 Å². The molecule has 0 spiro atoms. The number of thiazole rings is 1. The molecule has 144 valence electrons. The molecule has 0 bridgehead atoms. The summed E-state index contributed by atoms with van der Waals surface area (Å²) in [5.41, 5.74) is 3.15. The lowest BCUT2D eigenvalue weighted by atomic mass is 10.0. The van der Waals surface area contributed by atoms with Gasteiger partial charge in [0.15, 0.2) is 5.13 Å². The van der Waals surface area contributed by atoms with Crippen LogP contribution in [0.25, 0.3) is 6.08 Å². The van der Waals surface area contributed by atoms with Gasteiger partial charge in [0, 0.05) is 67.6 Å². The number of rotatable bonds is 3. The third-order valence-corrected chi connectivity index (χ3v) is 6.72. The van der Waals surface area contributed by atoms with Crippen LogP contribution in [0.5, 0.6) is 0 Å². The van der Waals surface area contributed by atoms with Crippen LogP contribution < -0.4 is 10.2 Å². The predicted octanol–water partition coefficient (Wildman–Crippen LogP) is 3.02. The second kappa shape index (κ2) is 7.05. The number of carbonyl (C=O) groups excluding carboxylic acids is 1. The van der Waals surface area contributed by atoms with E-state index in [-0.39, 0.29) is 5.91 Å². The molecule has 0 aliphatic carbocycles. The number of aryl methyl sites for hydroxylation is 1. The molecule has 3 aliphatic rings. The quantitative estimate of drug-likeness (QED) is 0.813. The molecule has 28 heavy (non-hydrogen) atoms. The molecule has 2 fully saturated rings. The third-order valence-electron chi connectivity index (χ3n) is 5.89. The van der Waals surface area contributed by atoms with Crippen LogP contribution in [-0.4, -0.2) is 47.0 Å². The normalized spacial score (nSPS) is 23.8. The standard InChI is InChI=1S/C21H23N5OS/c1-14-2-4-16-8-15(9-23-20(16)24-14)3-5-19(27)25-10-17-12-26(13-18(17)11-25)21-22-6-7-28-21/h3,5-9,17-18H,1-2,4,10-13H2,(H,23,24)/b5-3+/t17-,18+. The molecule has 2 saturated heterocycles. The maximum Gasteiger partial charge on any atom is 0.246 e. The Hall–Kier alpha value is -2.67. The Morgan fingerprint density at radius 1 is 1.21 bits per heavy atom. The smallest absolute Gasteiger partial charge is 0.246 e. The lowest BCUT2D eigenvalue weighted by Gasteiger charge is -2.20. The zero-order valence-corrected chi connectivity index (χ0v) is 16.5. The largest absolute Gasteiger partial charge is 0.347 e. The second-order valence-corrected chi connectivity index (χ2v) is 8.69. The van der Waals surface area contributed by atoms with Crippen molar-refractivity contribution in [1.82, 2.24) is 14.9 Å². The molecule has 5 heterocycles. The second-order valence-electron chi connectivity index (χ2n) is 7.82. The van der Waals surface area contributed by atoms with Gasteiger partial charge in [0.05, 0.1) is 0 Å². The maximum atomic E-state index is 12.7. The minimum atomic E-state index is 0.0967. The third kappa shape index (κ3) is 3.30. The fraction of sp³-hybridized carbons (Fsp3) is 0.381. The molecule has 2 aromatic rings. The molecule has 6 nitrogen and oxygen atoms in total. The average molecular weight is 394 g/mol. The van der Waals surface area contributed by atoms with Crippen molar-refractivity contribution in [3.63, 3.8) is 0 Å². The number of likely N-dealkylation sites (tertiary alicyclic amines) is 1. The summed E-state index contributed by atoms with van der Waals surface area (Å²) in [7, 11) is 0. The molecule has 1 N–H and O–H groups in total. The molecule has 0 unspecified atom stereocenters. The van der Waals surface area contributed by atoms with Gasteiger partial charge < -0.3 is 15.1 Å². The van der Waals surface area contributed by atoms with E-state index in [1.165, 1.54) is 5.56 Å². The fourth-order valence-electron chi connectivity index (χ4n) is 4.41. The fourth-order valence-corrected chi connectivity index (χ4v) is 5.08. The number of fused-ring (bicyclic) bond motifs is 2. The lowest BCUT2D eigenvalue weighted by Crippen LogP contribution is -2.32. The van der Waals surface area contributed by atoms with Gasteiger partial charge in [0.1, 0.15) is 5.82 Å². The number of pyridine rings is 1. The molecule has 2 aromatic heterocycles. The predicted molar refractivity (Wildman–Crippen MR) is 112 cm³/mol. The monoisotopic (exact) mass is 393 g/mol. The highest BCUT2D eigenvalue weighted by Gasteiger charge is 2.41. The van der Waals surface area contributed by atoms with E-state index < -0.39 is 0 Å². The number of allylic oxidation sites excluding steroid dienone is 1. The van der Waals surface area contributed by atoms with Crippen molar-refractivity contribution in [3.05, 3.63) is 53.3 Å². The first-order valence-corrected chi connectivity index (χ1v) is 10.6. The summed E-state index contributed by atoms with van der Waals surface area (Å²) in [5, 5.41) is 6.34. The van der Waals surface area contributed by atoms with Crippen molar-refractivity contribution in [2.45, 2.75) is 12.8 Å². The van der Waals surface area contributed by atoms with Crippen LogP contribution >= 0.6 is 11.3 Å². The number of hydrogen-bond donors (Lipinski definition) is 1. The number of hydrogen-bond acceptors (Lipinski definition) is 6. The zero-order valence-electron chi connectivity index (χ0n) is 15.7. The Kier molecular flexibility index (Phi) is 4.39. The SMILES string of the molecule is C=C1CCc2cc(/C=C/C(=O)N3C[C@@H]4CN(c5nccs5)C[C@@H]4C3)cnc2N1. The Morgan fingerprint density at radius 3 is 2.79 bits per heavy atom. The highest BCUT2D eigenvalue weighted by Crippen LogP contribution is 2.34. The molecule has 7 heteroatoms. The average Bonchev–Trinajstić information content (AvgIpc) is 3.41. The van der Waals surface area contributed by atoms with Gasteiger partial charge in [-0.15, -0.1) is 11.3 Å². The minimum Gasteiger partial charge on any atom is -0.347 e. The molecule has 0 radical (unpaired) electrons. The summed E-state index contributed by atoms with van der Waals surface area (Å²) >= 11 is 1.69. The number of carbonyl (C=O) groups is 1. The number of anilines is 2. The number of amides is 1. The van der Waals surface area contributed by atoms with Gasteiger partial charge in [-0.05, 0) is 36.1 Å². The van der Waals surface area contributed by atoms with Crippen molar-refractivity contribution >= 4 is 34.3 Å². The van der Waals surface area contributed by atoms with E-state index in [1.807, 2.05) is 22.6 Å². The summed E-state index contributed by atoms with van der Waals surface area (Å²) < 4.78 is 0. The topological polar surface area (TPSA) is 61.4 Å². The number of nitrogens with one attached hydrogen (secondary N) is 1. The molecule has 0 saturated carbocycles. The molecule has 0 aromatic carbocycles. The van der Waals surface area contributed by atoms with E-state index >= 15 is 0 Å². The van der Waals surface area contributed by atoms with E-state index in [0.29, 0.717) is 11.8 Å². The highest BCUT2D eigenvalue weighted by molar-refractivity contribution is 7.13. The van der Waals surface area contributed by atoms with Gasteiger partial charge in [0.25, 0.3) is 0 Å². The van der Waals surface area contributed by atoms with E-state index in [0.717, 1.165) is 61.2 Å². The summed E-state index contributed by atoms with van der Waals surface area (Å²) in [5.74, 6) is 2.08. The molecule has 3 aliphatic heterocycles. The lowest BCUT2D eigenvalue weighted by molar-refractivity contribution is -0.125. The van der Waals surface area contributed by atoms with Crippen molar-refractivity contribution in [2.24, 2.45) is 11.8 Å². The molecular formula is C21H23N5OS. The van der Waals surface area contributed by atoms with Crippen LogP contribution in [0.2, 0.25) is 0 Å². The van der Waals surface area contributed by atoms with E-state index in [4.69, 9.17) is 0 Å². The summed E-state index contributed by atoms with van der Waals surface area (Å²) in [6, 6.07) is 2.11. The van der Waals surface area contributed by atoms with Crippen molar-refractivity contribution in [3.8, 4) is 0 Å². The highest BCUT2D eigenvalue weighted by atomic mass is 32.1. The van der Waals surface area contributed by atoms with Gasteiger partial charge in [-0.2, -0.15) is 0 Å². The Balaban J connectivity index is 1.20. The Bertz CT molecular complexity index is 924. The van der Waals surface area contributed by atoms with Crippen LogP contribution in [0, 0.1) is 11.8 Å². The van der Waals surface area contributed by atoms with Crippen LogP contribution in [0.4, 0.5) is 10.9 Å². The van der Waals surface area contributed by atoms with Gasteiger partial charge in [-0.1, -0.05) is 6.58 Å². The van der Waals surface area contributed by atoms with Crippen LogP contribution in [-0.2, 0) is 11.2 Å². The maximum absolute atomic E-state index is 12.7. The van der Waals surface area contributed by atoms with Gasteiger partial charge in [-0.3, -0.25) is 4.79 Å². The minimum absolute atomic E-state index is 0.0967. The van der Waals surface area contributed by atoms with Gasteiger partial charge in [-0.25, -0.2) is 9.97 Å². The Morgan fingerprint density at radius 2 is 2.04 bits per heavy atom.